The Morgan fingerprint density at radius 1 is 1.09 bits per heavy atom. The first-order chi connectivity index (χ1) is 16.1. The van der Waals surface area contributed by atoms with Gasteiger partial charge in [-0.05, 0) is 37.8 Å². The van der Waals surface area contributed by atoms with Crippen LogP contribution in [0, 0.1) is 0 Å². The zero-order valence-corrected chi connectivity index (χ0v) is 18.7. The summed E-state index contributed by atoms with van der Waals surface area (Å²) < 4.78 is 7.53. The molecular weight excluding hydrogens is 422 g/mol. The second-order valence-electron chi connectivity index (χ2n) is 8.54. The molecule has 10 nitrogen and oxygen atoms in total. The smallest absolute Gasteiger partial charge is 0.318 e. The monoisotopic (exact) mass is 451 g/mol. The van der Waals surface area contributed by atoms with Crippen LogP contribution in [0.1, 0.15) is 31.7 Å². The quantitative estimate of drug-likeness (QED) is 0.558. The number of aromatic nitrogens is 4. The van der Waals surface area contributed by atoms with Crippen molar-refractivity contribution in [2.24, 2.45) is 0 Å². The van der Waals surface area contributed by atoms with Crippen LogP contribution in [0.25, 0.3) is 22.3 Å². The normalized spacial score (nSPS) is 21.2. The summed E-state index contributed by atoms with van der Waals surface area (Å²) in [6, 6.07) is 7.57. The van der Waals surface area contributed by atoms with E-state index in [9.17, 15) is 9.90 Å². The summed E-state index contributed by atoms with van der Waals surface area (Å²) in [6.45, 7) is 2.78. The van der Waals surface area contributed by atoms with Crippen molar-refractivity contribution in [3.8, 4) is 11.3 Å². The predicted molar refractivity (Wildman–Crippen MR) is 125 cm³/mol. The number of aliphatic hydroxyl groups excluding tert-OH is 1. The van der Waals surface area contributed by atoms with Crippen molar-refractivity contribution in [3.63, 3.8) is 0 Å². The Labute approximate surface area is 192 Å². The third-order valence-corrected chi connectivity index (χ3v) is 6.39. The summed E-state index contributed by atoms with van der Waals surface area (Å²) in [4.78, 5) is 23.6. The van der Waals surface area contributed by atoms with Crippen LogP contribution in [-0.4, -0.2) is 70.3 Å². The molecule has 5 rings (SSSR count). The second kappa shape index (κ2) is 9.32. The molecule has 2 aromatic heterocycles. The van der Waals surface area contributed by atoms with Gasteiger partial charge in [0.15, 0.2) is 5.65 Å². The van der Waals surface area contributed by atoms with Crippen molar-refractivity contribution >= 4 is 28.7 Å². The zero-order chi connectivity index (χ0) is 22.8. The van der Waals surface area contributed by atoms with Crippen molar-refractivity contribution in [2.45, 2.75) is 37.8 Å². The van der Waals surface area contributed by atoms with Crippen LogP contribution in [0.15, 0.2) is 30.5 Å². The van der Waals surface area contributed by atoms with Crippen LogP contribution in [-0.2, 0) is 4.74 Å². The number of anilines is 2. The molecule has 0 radical (unpaired) electrons. The first-order valence-corrected chi connectivity index (χ1v) is 11.5. The fourth-order valence-electron chi connectivity index (χ4n) is 4.51. The fourth-order valence-corrected chi connectivity index (χ4v) is 4.51. The van der Waals surface area contributed by atoms with E-state index in [0.717, 1.165) is 61.1 Å². The number of hydrogen-bond acceptors (Lipinski definition) is 7. The molecule has 2 aliphatic rings. The molecule has 1 saturated carbocycles. The highest BCUT2D eigenvalue weighted by atomic mass is 16.5. The molecule has 0 spiro atoms. The first-order valence-electron chi connectivity index (χ1n) is 11.5. The number of hydrogen-bond donors (Lipinski definition) is 3. The molecular formula is C23H29N7O3. The molecule has 1 aromatic carbocycles. The van der Waals surface area contributed by atoms with Crippen molar-refractivity contribution in [1.82, 2.24) is 25.1 Å². The highest BCUT2D eigenvalue weighted by Crippen LogP contribution is 2.34. The molecule has 0 bridgehead atoms. The van der Waals surface area contributed by atoms with Gasteiger partial charge in [-0.2, -0.15) is 10.1 Å². The average molecular weight is 452 g/mol. The van der Waals surface area contributed by atoms with Crippen LogP contribution < -0.4 is 15.5 Å². The van der Waals surface area contributed by atoms with Crippen LogP contribution >= 0.6 is 0 Å². The number of nitrogens with one attached hydrogen (secondary N) is 2. The highest BCUT2D eigenvalue weighted by Gasteiger charge is 2.26. The van der Waals surface area contributed by atoms with E-state index in [1.165, 1.54) is 0 Å². The number of aliphatic hydroxyl groups is 1. The number of urea groups is 1. The van der Waals surface area contributed by atoms with Crippen LogP contribution in [0.3, 0.4) is 0 Å². The van der Waals surface area contributed by atoms with Crippen LogP contribution in [0.5, 0.6) is 0 Å². The van der Waals surface area contributed by atoms with Gasteiger partial charge in [0.25, 0.3) is 0 Å². The van der Waals surface area contributed by atoms with Crippen LogP contribution in [0.4, 0.5) is 16.4 Å². The average Bonchev–Trinajstić information content (AvgIpc) is 3.29. The molecule has 3 aromatic rings. The first kappa shape index (κ1) is 21.6. The minimum atomic E-state index is -0.263. The van der Waals surface area contributed by atoms with Gasteiger partial charge >= 0.3 is 6.03 Å². The number of ether oxygens (including phenoxy) is 1. The third kappa shape index (κ3) is 4.49. The largest absolute Gasteiger partial charge is 0.393 e. The summed E-state index contributed by atoms with van der Waals surface area (Å²) in [7, 11) is 1.58. The van der Waals surface area contributed by atoms with Gasteiger partial charge in [-0.15, -0.1) is 0 Å². The van der Waals surface area contributed by atoms with Crippen molar-refractivity contribution in [2.75, 3.05) is 43.6 Å². The van der Waals surface area contributed by atoms with E-state index < -0.39 is 0 Å². The molecule has 1 aliphatic carbocycles. The molecule has 3 N–H and O–H groups in total. The highest BCUT2D eigenvalue weighted by molar-refractivity contribution is 5.93. The van der Waals surface area contributed by atoms with E-state index in [2.05, 4.69) is 15.5 Å². The maximum absolute atomic E-state index is 11.6. The number of rotatable bonds is 4. The number of fused-ring (bicyclic) bond motifs is 1. The van der Waals surface area contributed by atoms with Crippen molar-refractivity contribution < 1.29 is 14.6 Å². The number of morpholine rings is 1. The lowest BCUT2D eigenvalue weighted by Crippen LogP contribution is -2.37. The van der Waals surface area contributed by atoms with E-state index in [-0.39, 0.29) is 18.2 Å². The van der Waals surface area contributed by atoms with Gasteiger partial charge in [0, 0.05) is 31.4 Å². The molecule has 0 atom stereocenters. The molecule has 1 saturated heterocycles. The molecule has 0 unspecified atom stereocenters. The Hall–Kier alpha value is -3.24. The lowest BCUT2D eigenvalue weighted by Gasteiger charge is -2.28. The summed E-state index contributed by atoms with van der Waals surface area (Å²) in [5.74, 6) is 0.672. The Morgan fingerprint density at radius 2 is 1.82 bits per heavy atom. The maximum atomic E-state index is 11.6. The molecule has 10 heteroatoms. The van der Waals surface area contributed by atoms with Gasteiger partial charge in [0.1, 0.15) is 0 Å². The van der Waals surface area contributed by atoms with Gasteiger partial charge in [0.2, 0.25) is 5.95 Å². The van der Waals surface area contributed by atoms with Gasteiger partial charge < -0.3 is 25.4 Å². The van der Waals surface area contributed by atoms with Gasteiger partial charge in [0.05, 0.1) is 42.6 Å². The van der Waals surface area contributed by atoms with Gasteiger partial charge in [-0.25, -0.2) is 14.5 Å². The molecule has 3 heterocycles. The lowest BCUT2D eigenvalue weighted by molar-refractivity contribution is 0.109. The van der Waals surface area contributed by atoms with Gasteiger partial charge in [-0.3, -0.25) is 0 Å². The van der Waals surface area contributed by atoms with E-state index >= 15 is 0 Å². The van der Waals surface area contributed by atoms with Crippen molar-refractivity contribution in [1.29, 1.82) is 0 Å². The lowest BCUT2D eigenvalue weighted by atomic mass is 9.93. The second-order valence-corrected chi connectivity index (χ2v) is 8.54. The third-order valence-electron chi connectivity index (χ3n) is 6.39. The molecule has 2 amide bonds. The maximum Gasteiger partial charge on any atom is 0.318 e. The Morgan fingerprint density at radius 3 is 2.52 bits per heavy atom. The fraction of sp³-hybridized carbons (Fsp3) is 0.478. The van der Waals surface area contributed by atoms with E-state index in [1.807, 2.05) is 35.1 Å². The SMILES string of the molecule is CNC(=O)Nc1ccc(-c2nc(N3CCOCC3)nc3c2cnn3C2CCC(O)CC2)cc1. The van der Waals surface area contributed by atoms with Crippen molar-refractivity contribution in [3.05, 3.63) is 30.5 Å². The Bertz CT molecular complexity index is 1120. The Kier molecular flexibility index (Phi) is 6.10. The zero-order valence-electron chi connectivity index (χ0n) is 18.7. The minimum absolute atomic E-state index is 0.213. The number of amides is 2. The number of carbonyl (C=O) groups excluding carboxylic acids is 1. The Balaban J connectivity index is 1.56. The van der Waals surface area contributed by atoms with E-state index in [0.29, 0.717) is 24.8 Å². The summed E-state index contributed by atoms with van der Waals surface area (Å²) in [5, 5.41) is 20.9. The van der Waals surface area contributed by atoms with Crippen LogP contribution in [0.2, 0.25) is 0 Å². The van der Waals surface area contributed by atoms with E-state index in [4.69, 9.17) is 19.8 Å². The number of benzene rings is 1. The standard InChI is InChI=1S/C23H29N7O3/c1-24-23(32)26-16-4-2-15(3-5-16)20-19-14-25-30(17-6-8-18(31)9-7-17)21(19)28-22(27-20)29-10-12-33-13-11-29/h2-5,14,17-18,31H,6-13H2,1H3,(H2,24,26,32). The summed E-state index contributed by atoms with van der Waals surface area (Å²) >= 11 is 0. The minimum Gasteiger partial charge on any atom is -0.393 e. The number of carbonyl (C=O) groups is 1. The molecule has 1 aliphatic heterocycles. The van der Waals surface area contributed by atoms with E-state index in [1.54, 1.807) is 7.05 Å². The number of nitrogens with zero attached hydrogens (tertiary/aromatic N) is 5. The molecule has 33 heavy (non-hydrogen) atoms. The molecule has 2 fully saturated rings. The summed E-state index contributed by atoms with van der Waals surface area (Å²) in [5.41, 5.74) is 3.26. The summed E-state index contributed by atoms with van der Waals surface area (Å²) in [6.07, 6.45) is 4.93. The predicted octanol–water partition coefficient (Wildman–Crippen LogP) is 2.56. The van der Waals surface area contributed by atoms with Gasteiger partial charge in [-0.1, -0.05) is 12.1 Å². The molecule has 174 valence electrons. The topological polar surface area (TPSA) is 117 Å².